The van der Waals surface area contributed by atoms with Gasteiger partial charge < -0.3 is 19.9 Å². The van der Waals surface area contributed by atoms with E-state index in [4.69, 9.17) is 9.26 Å². The average molecular weight is 394 g/mol. The van der Waals surface area contributed by atoms with Gasteiger partial charge in [-0.25, -0.2) is 0 Å². The lowest BCUT2D eigenvalue weighted by Gasteiger charge is -2.10. The topological polar surface area (TPSA) is 97.5 Å². The normalized spacial score (nSPS) is 11.4. The van der Waals surface area contributed by atoms with Crippen LogP contribution in [-0.2, 0) is 17.8 Å². The van der Waals surface area contributed by atoms with Gasteiger partial charge in [0, 0.05) is 25.7 Å². The Hall–Kier alpha value is -3.26. The van der Waals surface area contributed by atoms with Crippen LogP contribution in [0.5, 0.6) is 0 Å². The minimum Gasteiger partial charge on any atom is -0.375 e. The molecule has 8 nitrogen and oxygen atoms in total. The van der Waals surface area contributed by atoms with Gasteiger partial charge >= 0.3 is 0 Å². The second-order valence-electron chi connectivity index (χ2n) is 6.21. The van der Waals surface area contributed by atoms with Gasteiger partial charge in [-0.3, -0.25) is 9.98 Å². The number of hydrogen-bond donors (Lipinski definition) is 2. The van der Waals surface area contributed by atoms with Crippen LogP contribution in [-0.4, -0.2) is 47.3 Å². The number of aliphatic imine (C=N–C) groups is 1. The summed E-state index contributed by atoms with van der Waals surface area (Å²) in [6, 6.07) is 15.7. The summed E-state index contributed by atoms with van der Waals surface area (Å²) in [7, 11) is 0. The highest BCUT2D eigenvalue weighted by molar-refractivity contribution is 5.79. The van der Waals surface area contributed by atoms with E-state index >= 15 is 0 Å². The summed E-state index contributed by atoms with van der Waals surface area (Å²) in [5.74, 6) is 1.79. The quantitative estimate of drug-likeness (QED) is 0.310. The zero-order valence-corrected chi connectivity index (χ0v) is 16.5. The zero-order chi connectivity index (χ0) is 20.2. The Kier molecular flexibility index (Phi) is 8.16. The minimum atomic E-state index is 0.428. The van der Waals surface area contributed by atoms with E-state index < -0.39 is 0 Å². The first-order valence-corrected chi connectivity index (χ1v) is 9.73. The molecule has 0 aliphatic carbocycles. The number of pyridine rings is 1. The number of guanidine groups is 1. The summed E-state index contributed by atoms with van der Waals surface area (Å²) in [5.41, 5.74) is 1.83. The second-order valence-corrected chi connectivity index (χ2v) is 6.21. The van der Waals surface area contributed by atoms with E-state index in [9.17, 15) is 0 Å². The predicted molar refractivity (Wildman–Crippen MR) is 111 cm³/mol. The molecule has 8 heteroatoms. The summed E-state index contributed by atoms with van der Waals surface area (Å²) < 4.78 is 10.9. The van der Waals surface area contributed by atoms with Crippen molar-refractivity contribution in [3.63, 3.8) is 0 Å². The van der Waals surface area contributed by atoms with Gasteiger partial charge in [-0.1, -0.05) is 41.6 Å². The molecule has 29 heavy (non-hydrogen) atoms. The lowest BCUT2D eigenvalue weighted by Crippen LogP contribution is -2.38. The van der Waals surface area contributed by atoms with Crippen LogP contribution < -0.4 is 10.6 Å². The Balaban J connectivity index is 1.39. The number of benzene rings is 1. The van der Waals surface area contributed by atoms with E-state index in [1.165, 1.54) is 0 Å². The molecule has 3 aromatic rings. The SMILES string of the molecule is CCNC(=NCCOCc1ccccc1)NCCc1noc(-c2ccccn2)n1. The second kappa shape index (κ2) is 11.6. The molecule has 0 aliphatic heterocycles. The van der Waals surface area contributed by atoms with Crippen LogP contribution in [0.1, 0.15) is 18.3 Å². The maximum absolute atomic E-state index is 5.67. The summed E-state index contributed by atoms with van der Waals surface area (Å²) >= 11 is 0. The highest BCUT2D eigenvalue weighted by Gasteiger charge is 2.09. The van der Waals surface area contributed by atoms with Crippen molar-refractivity contribution in [1.82, 2.24) is 25.8 Å². The lowest BCUT2D eigenvalue weighted by molar-refractivity contribution is 0.128. The molecule has 2 aromatic heterocycles. The molecule has 0 radical (unpaired) electrons. The lowest BCUT2D eigenvalue weighted by atomic mass is 10.2. The molecule has 0 atom stereocenters. The van der Waals surface area contributed by atoms with E-state index in [0.717, 1.165) is 18.1 Å². The molecule has 0 amide bonds. The standard InChI is InChI=1S/C21H26N6O2/c1-2-22-21(25-14-15-28-16-17-8-4-3-5-9-17)24-13-11-19-26-20(29-27-19)18-10-6-7-12-23-18/h3-10,12H,2,11,13-16H2,1H3,(H2,22,24,25). The number of ether oxygens (including phenoxy) is 1. The van der Waals surface area contributed by atoms with Crippen LogP contribution in [0.15, 0.2) is 64.2 Å². The van der Waals surface area contributed by atoms with E-state index in [1.54, 1.807) is 6.20 Å². The van der Waals surface area contributed by atoms with Crippen molar-refractivity contribution in [1.29, 1.82) is 0 Å². The molecule has 2 N–H and O–H groups in total. The van der Waals surface area contributed by atoms with Gasteiger partial charge in [0.2, 0.25) is 0 Å². The number of nitrogens with one attached hydrogen (secondary N) is 2. The van der Waals surface area contributed by atoms with Crippen LogP contribution in [0, 0.1) is 0 Å². The van der Waals surface area contributed by atoms with Crippen molar-refractivity contribution in [2.75, 3.05) is 26.2 Å². The maximum atomic E-state index is 5.67. The molecule has 1 aromatic carbocycles. The number of nitrogens with zero attached hydrogens (tertiary/aromatic N) is 4. The Bertz CT molecular complexity index is 867. The van der Waals surface area contributed by atoms with Gasteiger partial charge in [0.25, 0.3) is 5.89 Å². The third-order valence-corrected chi connectivity index (χ3v) is 3.95. The maximum Gasteiger partial charge on any atom is 0.276 e. The molecule has 152 valence electrons. The van der Waals surface area contributed by atoms with Crippen LogP contribution in [0.25, 0.3) is 11.6 Å². The zero-order valence-electron chi connectivity index (χ0n) is 16.5. The van der Waals surface area contributed by atoms with Crippen LogP contribution in [0.4, 0.5) is 0 Å². The molecule has 0 spiro atoms. The highest BCUT2D eigenvalue weighted by Crippen LogP contribution is 2.13. The van der Waals surface area contributed by atoms with Gasteiger partial charge in [0.15, 0.2) is 11.8 Å². The first-order valence-electron chi connectivity index (χ1n) is 9.73. The monoisotopic (exact) mass is 394 g/mol. The van der Waals surface area contributed by atoms with Gasteiger partial charge in [-0.15, -0.1) is 0 Å². The molecule has 0 bridgehead atoms. The van der Waals surface area contributed by atoms with Gasteiger partial charge in [-0.2, -0.15) is 4.98 Å². The van der Waals surface area contributed by atoms with Crippen LogP contribution in [0.2, 0.25) is 0 Å². The smallest absolute Gasteiger partial charge is 0.276 e. The molecule has 2 heterocycles. The van der Waals surface area contributed by atoms with Crippen molar-refractivity contribution >= 4 is 5.96 Å². The summed E-state index contributed by atoms with van der Waals surface area (Å²) in [5, 5.41) is 10.5. The van der Waals surface area contributed by atoms with Crippen molar-refractivity contribution in [3.05, 3.63) is 66.1 Å². The van der Waals surface area contributed by atoms with E-state index in [-0.39, 0.29) is 0 Å². The molecular weight excluding hydrogens is 368 g/mol. The fraction of sp³-hybridized carbons (Fsp3) is 0.333. The Morgan fingerprint density at radius 1 is 1.10 bits per heavy atom. The van der Waals surface area contributed by atoms with Crippen molar-refractivity contribution in [2.24, 2.45) is 4.99 Å². The van der Waals surface area contributed by atoms with E-state index in [0.29, 0.717) is 50.1 Å². The summed E-state index contributed by atoms with van der Waals surface area (Å²) in [4.78, 5) is 13.1. The Morgan fingerprint density at radius 3 is 2.76 bits per heavy atom. The highest BCUT2D eigenvalue weighted by atomic mass is 16.5. The molecule has 0 saturated heterocycles. The molecule has 0 fully saturated rings. The fourth-order valence-corrected chi connectivity index (χ4v) is 2.57. The Morgan fingerprint density at radius 2 is 1.97 bits per heavy atom. The van der Waals surface area contributed by atoms with Crippen molar-refractivity contribution in [3.8, 4) is 11.6 Å². The molecular formula is C21H26N6O2. The largest absolute Gasteiger partial charge is 0.375 e. The minimum absolute atomic E-state index is 0.428. The number of aromatic nitrogens is 3. The molecule has 0 unspecified atom stereocenters. The summed E-state index contributed by atoms with van der Waals surface area (Å²) in [6.45, 7) is 5.18. The fourth-order valence-electron chi connectivity index (χ4n) is 2.57. The van der Waals surface area contributed by atoms with Crippen molar-refractivity contribution in [2.45, 2.75) is 20.0 Å². The Labute approximate surface area is 170 Å². The van der Waals surface area contributed by atoms with Crippen LogP contribution >= 0.6 is 0 Å². The third-order valence-electron chi connectivity index (χ3n) is 3.95. The van der Waals surface area contributed by atoms with Gasteiger partial charge in [0.1, 0.15) is 5.69 Å². The average Bonchev–Trinajstić information content (AvgIpc) is 3.24. The predicted octanol–water partition coefficient (Wildman–Crippen LogP) is 2.45. The number of hydrogen-bond acceptors (Lipinski definition) is 6. The van der Waals surface area contributed by atoms with E-state index in [1.807, 2.05) is 55.5 Å². The van der Waals surface area contributed by atoms with Crippen molar-refractivity contribution < 1.29 is 9.26 Å². The molecule has 3 rings (SSSR count). The van der Waals surface area contributed by atoms with Gasteiger partial charge in [0.05, 0.1) is 19.8 Å². The first-order chi connectivity index (χ1) is 14.3. The van der Waals surface area contributed by atoms with Crippen LogP contribution in [0.3, 0.4) is 0 Å². The van der Waals surface area contributed by atoms with E-state index in [2.05, 4.69) is 30.8 Å². The summed E-state index contributed by atoms with van der Waals surface area (Å²) in [6.07, 6.45) is 2.31. The molecule has 0 aliphatic rings. The number of rotatable bonds is 10. The van der Waals surface area contributed by atoms with Gasteiger partial charge in [-0.05, 0) is 24.6 Å². The third kappa shape index (κ3) is 7.00. The molecule has 0 saturated carbocycles. The first kappa shape index (κ1) is 20.5.